The average molecular weight is 953 g/mol. The fourth-order valence-corrected chi connectivity index (χ4v) is 9.10. The normalized spacial score (nSPS) is 14.2. The van der Waals surface area contributed by atoms with Crippen LogP contribution in [0.4, 0.5) is 0 Å². The van der Waals surface area contributed by atoms with Gasteiger partial charge in [0.15, 0.2) is 0 Å². The van der Waals surface area contributed by atoms with E-state index in [1.165, 1.54) is 199 Å². The highest BCUT2D eigenvalue weighted by Gasteiger charge is 2.27. The molecule has 390 valence electrons. The van der Waals surface area contributed by atoms with Crippen LogP contribution in [0.3, 0.4) is 0 Å². The Morgan fingerprint density at radius 2 is 0.864 bits per heavy atom. The highest BCUT2D eigenvalue weighted by atomic mass is 31.2. The minimum absolute atomic E-state index is 0.0622. The molecule has 8 nitrogen and oxygen atoms in total. The van der Waals surface area contributed by atoms with Crippen LogP contribution in [0, 0.1) is 0 Å². The molecule has 0 saturated heterocycles. The second-order valence-corrected chi connectivity index (χ2v) is 22.1. The number of phosphoric ester groups is 1. The molecular weight excluding hydrogens is 840 g/mol. The van der Waals surface area contributed by atoms with Gasteiger partial charge in [0, 0.05) is 6.42 Å². The maximum atomic E-state index is 12.8. The van der Waals surface area contributed by atoms with E-state index in [1.54, 1.807) is 6.08 Å². The molecule has 0 aliphatic rings. The summed E-state index contributed by atoms with van der Waals surface area (Å²) in [6, 6.07) is -0.840. The smallest absolute Gasteiger partial charge is 0.387 e. The van der Waals surface area contributed by atoms with Crippen molar-refractivity contribution >= 4 is 13.7 Å². The quantitative estimate of drug-likeness (QED) is 0.0243. The Morgan fingerprint density at radius 1 is 0.515 bits per heavy atom. The first-order valence-corrected chi connectivity index (χ1v) is 29.9. The van der Waals surface area contributed by atoms with Crippen molar-refractivity contribution in [2.24, 2.45) is 0 Å². The van der Waals surface area contributed by atoms with Crippen LogP contribution in [0.2, 0.25) is 0 Å². The Balaban J connectivity index is 3.66. The van der Waals surface area contributed by atoms with Crippen LogP contribution in [0.5, 0.6) is 0 Å². The molecule has 9 heteroatoms. The van der Waals surface area contributed by atoms with Crippen molar-refractivity contribution in [3.8, 4) is 0 Å². The third-order valence-electron chi connectivity index (χ3n) is 12.9. The minimum atomic E-state index is -4.32. The number of phosphoric acid groups is 1. The molecule has 0 aromatic carbocycles. The zero-order valence-corrected chi connectivity index (χ0v) is 45.3. The van der Waals surface area contributed by atoms with Crippen LogP contribution in [0.1, 0.15) is 271 Å². The highest BCUT2D eigenvalue weighted by molar-refractivity contribution is 7.47. The first-order chi connectivity index (χ1) is 32.0. The van der Waals surface area contributed by atoms with Crippen molar-refractivity contribution < 1.29 is 32.9 Å². The van der Waals surface area contributed by atoms with Crippen molar-refractivity contribution in [3.63, 3.8) is 0 Å². The number of carbonyl (C=O) groups excluding carboxylic acids is 1. The molecule has 3 N–H and O–H groups in total. The summed E-state index contributed by atoms with van der Waals surface area (Å²) in [7, 11) is 1.58. The van der Waals surface area contributed by atoms with Crippen LogP contribution in [-0.2, 0) is 18.4 Å². The van der Waals surface area contributed by atoms with E-state index in [0.29, 0.717) is 17.4 Å². The van der Waals surface area contributed by atoms with Gasteiger partial charge in [-0.25, -0.2) is 4.57 Å². The number of quaternary nitrogens is 1. The van der Waals surface area contributed by atoms with E-state index in [0.717, 1.165) is 51.4 Å². The van der Waals surface area contributed by atoms with Gasteiger partial charge in [-0.05, 0) is 51.4 Å². The molecule has 0 bridgehead atoms. The van der Waals surface area contributed by atoms with E-state index in [1.807, 2.05) is 27.2 Å². The summed E-state index contributed by atoms with van der Waals surface area (Å²) in [6.07, 6.45) is 63.3. The standard InChI is InChI=1S/C57H111N2O6P/c1-6-8-10-12-13-14-15-16-17-18-19-20-21-22-23-24-25-26-27-28-29-30-31-32-33-34-35-36-37-38-39-40-41-42-43-44-45-47-49-51-57(61)58-55(56(60)50-48-46-11-9-7-2)54-65-66(62,63)64-53-52-59(3,4)5/h15-16,18-19,48,50,55-56,60H,6-14,17,20-47,49,51-54H2,1-5H3,(H-,58,61,62,63)/p+1/b16-15-,19-18-,50-48+. The van der Waals surface area contributed by atoms with Gasteiger partial charge in [-0.2, -0.15) is 0 Å². The Kier molecular flexibility index (Phi) is 47.8. The fourth-order valence-electron chi connectivity index (χ4n) is 8.37. The van der Waals surface area contributed by atoms with E-state index in [2.05, 4.69) is 43.5 Å². The molecule has 1 amide bonds. The van der Waals surface area contributed by atoms with Gasteiger partial charge in [0.1, 0.15) is 13.2 Å². The van der Waals surface area contributed by atoms with Crippen LogP contribution in [0.15, 0.2) is 36.5 Å². The first kappa shape index (κ1) is 64.7. The molecule has 0 heterocycles. The van der Waals surface area contributed by atoms with Gasteiger partial charge >= 0.3 is 7.82 Å². The number of carbonyl (C=O) groups is 1. The van der Waals surface area contributed by atoms with Gasteiger partial charge in [0.05, 0.1) is 39.9 Å². The number of hydrogen-bond acceptors (Lipinski definition) is 5. The van der Waals surface area contributed by atoms with Gasteiger partial charge in [-0.15, -0.1) is 0 Å². The van der Waals surface area contributed by atoms with Gasteiger partial charge in [-0.3, -0.25) is 13.8 Å². The predicted molar refractivity (Wildman–Crippen MR) is 286 cm³/mol. The number of likely N-dealkylation sites (N-methyl/N-ethyl adjacent to an activating group) is 1. The van der Waals surface area contributed by atoms with Crippen molar-refractivity contribution in [2.75, 3.05) is 40.9 Å². The lowest BCUT2D eigenvalue weighted by Crippen LogP contribution is -2.45. The number of aliphatic hydroxyl groups is 1. The SMILES string of the molecule is CCCCC/C=C/C(O)C(COP(=O)(O)OCC[N+](C)(C)C)NC(=O)CCCCCCCCCCCCCCCCCCCCCCCCCCCCC/C=C\C/C=C\CCCCCCC. The van der Waals surface area contributed by atoms with Gasteiger partial charge < -0.3 is 19.8 Å². The number of allylic oxidation sites excluding steroid dienone is 5. The second-order valence-electron chi connectivity index (χ2n) is 20.7. The van der Waals surface area contributed by atoms with Gasteiger partial charge in [0.25, 0.3) is 0 Å². The zero-order valence-electron chi connectivity index (χ0n) is 44.4. The number of rotatable bonds is 52. The molecule has 0 aliphatic carbocycles. The monoisotopic (exact) mass is 952 g/mol. The van der Waals surface area contributed by atoms with E-state index in [4.69, 9.17) is 9.05 Å². The Bertz CT molecular complexity index is 1170. The maximum absolute atomic E-state index is 12.8. The topological polar surface area (TPSA) is 105 Å². The van der Waals surface area contributed by atoms with E-state index in [-0.39, 0.29) is 19.1 Å². The lowest BCUT2D eigenvalue weighted by atomic mass is 10.0. The van der Waals surface area contributed by atoms with E-state index >= 15 is 0 Å². The summed E-state index contributed by atoms with van der Waals surface area (Å²) in [5.41, 5.74) is 0. The van der Waals surface area contributed by atoms with Gasteiger partial charge in [-0.1, -0.05) is 249 Å². The molecule has 0 saturated carbocycles. The van der Waals surface area contributed by atoms with Crippen molar-refractivity contribution in [1.82, 2.24) is 5.32 Å². The number of nitrogens with one attached hydrogen (secondary N) is 1. The molecule has 0 aromatic rings. The molecule has 0 aromatic heterocycles. The largest absolute Gasteiger partial charge is 0.472 e. The molecule has 0 rings (SSSR count). The van der Waals surface area contributed by atoms with Crippen molar-refractivity contribution in [2.45, 2.75) is 283 Å². The Hall–Kier alpha value is -1.28. The van der Waals surface area contributed by atoms with Crippen LogP contribution >= 0.6 is 7.82 Å². The number of amides is 1. The van der Waals surface area contributed by atoms with Crippen LogP contribution in [0.25, 0.3) is 0 Å². The average Bonchev–Trinajstić information content (AvgIpc) is 3.27. The van der Waals surface area contributed by atoms with Crippen molar-refractivity contribution in [1.29, 1.82) is 0 Å². The molecule has 3 unspecified atom stereocenters. The molecule has 0 fully saturated rings. The van der Waals surface area contributed by atoms with Gasteiger partial charge in [0.2, 0.25) is 5.91 Å². The summed E-state index contributed by atoms with van der Waals surface area (Å²) >= 11 is 0. The molecule has 66 heavy (non-hydrogen) atoms. The first-order valence-electron chi connectivity index (χ1n) is 28.4. The van der Waals surface area contributed by atoms with Crippen molar-refractivity contribution in [3.05, 3.63) is 36.5 Å². The Morgan fingerprint density at radius 3 is 1.27 bits per heavy atom. The summed E-state index contributed by atoms with van der Waals surface area (Å²) in [5.74, 6) is -0.180. The highest BCUT2D eigenvalue weighted by Crippen LogP contribution is 2.43. The number of hydrogen-bond donors (Lipinski definition) is 3. The molecular formula is C57H112N2O6P+. The van der Waals surface area contributed by atoms with Crippen LogP contribution < -0.4 is 5.32 Å². The Labute approximate surface area is 410 Å². The maximum Gasteiger partial charge on any atom is 0.472 e. The van der Waals surface area contributed by atoms with E-state index < -0.39 is 20.0 Å². The number of nitrogens with zero attached hydrogens (tertiary/aromatic N) is 1. The van der Waals surface area contributed by atoms with Crippen LogP contribution in [-0.4, -0.2) is 73.4 Å². The molecule has 0 aliphatic heterocycles. The zero-order chi connectivity index (χ0) is 48.5. The lowest BCUT2D eigenvalue weighted by Gasteiger charge is -2.25. The number of unbranched alkanes of at least 4 members (excludes halogenated alkanes) is 35. The summed E-state index contributed by atoms with van der Waals surface area (Å²) in [5, 5.41) is 13.6. The third-order valence-corrected chi connectivity index (χ3v) is 13.8. The lowest BCUT2D eigenvalue weighted by molar-refractivity contribution is -0.870. The predicted octanol–water partition coefficient (Wildman–Crippen LogP) is 17.0. The second kappa shape index (κ2) is 48.7. The molecule has 0 spiro atoms. The summed E-state index contributed by atoms with van der Waals surface area (Å²) in [4.78, 5) is 23.0. The summed E-state index contributed by atoms with van der Waals surface area (Å²) < 4.78 is 23.4. The third kappa shape index (κ3) is 50.6. The molecule has 3 atom stereocenters. The number of aliphatic hydroxyl groups excluding tert-OH is 1. The summed E-state index contributed by atoms with van der Waals surface area (Å²) in [6.45, 7) is 4.71. The van der Waals surface area contributed by atoms with E-state index in [9.17, 15) is 19.4 Å². The fraction of sp³-hybridized carbons (Fsp3) is 0.877. The molecule has 0 radical (unpaired) electrons. The minimum Gasteiger partial charge on any atom is -0.387 e.